The summed E-state index contributed by atoms with van der Waals surface area (Å²) in [5.41, 5.74) is 4.85. The fraction of sp³-hybridized carbons (Fsp3) is 0.160. The largest absolute Gasteiger partial charge is 0.419 e. The first-order chi connectivity index (χ1) is 15.5. The van der Waals surface area contributed by atoms with Crippen molar-refractivity contribution in [2.75, 3.05) is 5.75 Å². The quantitative estimate of drug-likeness (QED) is 0.291. The molecule has 0 saturated heterocycles. The molecule has 0 N–H and O–H groups in total. The van der Waals surface area contributed by atoms with Crippen molar-refractivity contribution in [1.29, 1.82) is 0 Å². The number of aryl methyl sites for hydroxylation is 2. The van der Waals surface area contributed by atoms with E-state index in [0.717, 1.165) is 22.3 Å². The predicted molar refractivity (Wildman–Crippen MR) is 128 cm³/mol. The van der Waals surface area contributed by atoms with Gasteiger partial charge in [0.2, 0.25) is 0 Å². The molecule has 0 fully saturated rings. The van der Waals surface area contributed by atoms with Gasteiger partial charge in [-0.2, -0.15) is 0 Å². The van der Waals surface area contributed by atoms with Crippen molar-refractivity contribution in [3.63, 3.8) is 0 Å². The maximum absolute atomic E-state index is 13.5. The number of fused-ring (bicyclic) bond motifs is 2. The third-order valence-electron chi connectivity index (χ3n) is 5.68. The lowest BCUT2D eigenvalue weighted by molar-refractivity contribution is 0.514. The van der Waals surface area contributed by atoms with Crippen LogP contribution in [0.2, 0.25) is 0 Å². The Morgan fingerprint density at radius 2 is 1.72 bits per heavy atom. The number of benzene rings is 3. The van der Waals surface area contributed by atoms with Gasteiger partial charge in [0.1, 0.15) is 0 Å². The Balaban J connectivity index is 1.57. The van der Waals surface area contributed by atoms with Gasteiger partial charge in [0.05, 0.1) is 22.1 Å². The first kappa shape index (κ1) is 20.3. The van der Waals surface area contributed by atoms with Crippen molar-refractivity contribution >= 4 is 33.8 Å². The van der Waals surface area contributed by atoms with Crippen LogP contribution in [0.25, 0.3) is 27.7 Å². The molecule has 5 rings (SSSR count). The first-order valence-electron chi connectivity index (χ1n) is 10.3. The summed E-state index contributed by atoms with van der Waals surface area (Å²) in [4.78, 5) is 30.6. The lowest BCUT2D eigenvalue weighted by Gasteiger charge is -2.16. The summed E-state index contributed by atoms with van der Waals surface area (Å²) in [6.07, 6.45) is 0. The van der Waals surface area contributed by atoms with Crippen LogP contribution in [0, 0.1) is 13.8 Å². The Hall–Kier alpha value is -3.58. The molecule has 2 heterocycles. The van der Waals surface area contributed by atoms with Crippen molar-refractivity contribution in [3.8, 4) is 5.69 Å². The van der Waals surface area contributed by atoms with E-state index in [-0.39, 0.29) is 11.3 Å². The minimum Gasteiger partial charge on any atom is -0.408 e. The zero-order chi connectivity index (χ0) is 22.2. The maximum Gasteiger partial charge on any atom is 0.419 e. The molecule has 0 aliphatic carbocycles. The van der Waals surface area contributed by atoms with Crippen molar-refractivity contribution in [2.45, 2.75) is 25.5 Å². The van der Waals surface area contributed by atoms with Gasteiger partial charge in [-0.15, -0.1) is 0 Å². The number of hydrogen-bond acceptors (Lipinski definition) is 5. The second-order valence-corrected chi connectivity index (χ2v) is 8.67. The smallest absolute Gasteiger partial charge is 0.408 e. The number of thioether (sulfide) groups is 1. The van der Waals surface area contributed by atoms with E-state index in [1.807, 2.05) is 68.4 Å². The molecule has 0 aliphatic heterocycles. The summed E-state index contributed by atoms with van der Waals surface area (Å²) in [5, 5.41) is 1.18. The van der Waals surface area contributed by atoms with E-state index in [0.29, 0.717) is 33.9 Å². The molecule has 0 atom stereocenters. The van der Waals surface area contributed by atoms with E-state index in [2.05, 4.69) is 0 Å². The highest BCUT2D eigenvalue weighted by Crippen LogP contribution is 2.25. The van der Waals surface area contributed by atoms with Crippen LogP contribution in [-0.4, -0.2) is 19.9 Å². The van der Waals surface area contributed by atoms with E-state index in [9.17, 15) is 9.59 Å². The van der Waals surface area contributed by atoms with Crippen molar-refractivity contribution in [1.82, 2.24) is 14.1 Å². The lowest BCUT2D eigenvalue weighted by atomic mass is 10.1. The average molecular weight is 444 g/mol. The molecular weight excluding hydrogens is 422 g/mol. The zero-order valence-electron chi connectivity index (χ0n) is 17.7. The Morgan fingerprint density at radius 1 is 0.938 bits per heavy atom. The molecule has 0 amide bonds. The van der Waals surface area contributed by atoms with Gasteiger partial charge in [-0.05, 0) is 55.3 Å². The van der Waals surface area contributed by atoms with E-state index >= 15 is 0 Å². The highest BCUT2D eigenvalue weighted by molar-refractivity contribution is 7.99. The van der Waals surface area contributed by atoms with Gasteiger partial charge in [-0.25, -0.2) is 9.78 Å². The second kappa shape index (κ2) is 8.16. The highest BCUT2D eigenvalue weighted by atomic mass is 32.2. The summed E-state index contributed by atoms with van der Waals surface area (Å²) in [6.45, 7) is 4.48. The topological polar surface area (TPSA) is 70.0 Å². The normalized spacial score (nSPS) is 11.4. The number of para-hydroxylation sites is 3. The third-order valence-corrected chi connectivity index (χ3v) is 6.60. The van der Waals surface area contributed by atoms with Crippen LogP contribution in [0.1, 0.15) is 11.1 Å². The Morgan fingerprint density at radius 3 is 2.59 bits per heavy atom. The molecule has 7 heteroatoms. The summed E-state index contributed by atoms with van der Waals surface area (Å²) in [6, 6.07) is 20.7. The first-order valence-corrected chi connectivity index (χ1v) is 11.3. The van der Waals surface area contributed by atoms with Crippen LogP contribution in [0.5, 0.6) is 0 Å². The van der Waals surface area contributed by atoms with Crippen LogP contribution in [0.15, 0.2) is 85.9 Å². The fourth-order valence-corrected chi connectivity index (χ4v) is 4.78. The van der Waals surface area contributed by atoms with Crippen molar-refractivity contribution in [3.05, 3.63) is 98.8 Å². The predicted octanol–water partition coefficient (Wildman–Crippen LogP) is 4.70. The number of aromatic nitrogens is 3. The summed E-state index contributed by atoms with van der Waals surface area (Å²) in [5.74, 6) is 0.171. The number of hydrogen-bond donors (Lipinski definition) is 0. The molecule has 5 aromatic rings. The minimum absolute atomic E-state index is 0.0993. The highest BCUT2D eigenvalue weighted by Gasteiger charge is 2.16. The van der Waals surface area contributed by atoms with Crippen LogP contribution in [0.3, 0.4) is 0 Å². The Kier molecular flexibility index (Phi) is 5.19. The monoisotopic (exact) mass is 443 g/mol. The molecule has 0 bridgehead atoms. The number of nitrogens with zero attached hydrogens (tertiary/aromatic N) is 3. The van der Waals surface area contributed by atoms with Gasteiger partial charge in [0.15, 0.2) is 10.7 Å². The van der Waals surface area contributed by atoms with Gasteiger partial charge in [-0.3, -0.25) is 13.9 Å². The number of rotatable bonds is 5. The van der Waals surface area contributed by atoms with E-state index in [1.165, 1.54) is 11.8 Å². The summed E-state index contributed by atoms with van der Waals surface area (Å²) in [7, 11) is 0. The molecule has 2 aromatic heterocycles. The van der Waals surface area contributed by atoms with Crippen LogP contribution < -0.4 is 11.3 Å². The average Bonchev–Trinajstić information content (AvgIpc) is 3.11. The minimum atomic E-state index is -0.384. The molecule has 0 radical (unpaired) electrons. The van der Waals surface area contributed by atoms with Crippen molar-refractivity contribution in [2.24, 2.45) is 0 Å². The van der Waals surface area contributed by atoms with Crippen molar-refractivity contribution < 1.29 is 4.42 Å². The van der Waals surface area contributed by atoms with Crippen LogP contribution >= 0.6 is 11.8 Å². The molecule has 3 aromatic carbocycles. The molecule has 0 saturated carbocycles. The zero-order valence-corrected chi connectivity index (χ0v) is 18.6. The summed E-state index contributed by atoms with van der Waals surface area (Å²) < 4.78 is 8.63. The molecule has 32 heavy (non-hydrogen) atoms. The number of oxazole rings is 1. The van der Waals surface area contributed by atoms with E-state index in [4.69, 9.17) is 9.40 Å². The molecule has 6 nitrogen and oxygen atoms in total. The van der Waals surface area contributed by atoms with E-state index in [1.54, 1.807) is 21.3 Å². The van der Waals surface area contributed by atoms with Gasteiger partial charge in [-0.1, -0.05) is 48.2 Å². The lowest BCUT2D eigenvalue weighted by Crippen LogP contribution is -2.23. The molecule has 160 valence electrons. The Labute approximate surface area is 188 Å². The molecule has 0 aliphatic rings. The standard InChI is InChI=1S/C25H21N3O3S/c1-16-8-7-12-20(17(16)2)28-23(29)18-9-3-4-10-19(18)26-24(28)32-15-14-27-21-11-5-6-13-22(21)31-25(27)30/h3-13H,14-15H2,1-2H3. The molecular formula is C25H21N3O3S. The van der Waals surface area contributed by atoms with Gasteiger partial charge >= 0.3 is 5.76 Å². The van der Waals surface area contributed by atoms with Gasteiger partial charge < -0.3 is 4.42 Å². The van der Waals surface area contributed by atoms with Gasteiger partial charge in [0, 0.05) is 12.3 Å². The Bertz CT molecular complexity index is 1580. The fourth-order valence-electron chi connectivity index (χ4n) is 3.85. The SMILES string of the molecule is Cc1cccc(-n2c(SCCn3c(=O)oc4ccccc43)nc3ccccc3c2=O)c1C. The second-order valence-electron chi connectivity index (χ2n) is 7.61. The maximum atomic E-state index is 13.5. The third kappa shape index (κ3) is 3.44. The van der Waals surface area contributed by atoms with E-state index < -0.39 is 0 Å². The van der Waals surface area contributed by atoms with Crippen LogP contribution in [0.4, 0.5) is 0 Å². The van der Waals surface area contributed by atoms with Gasteiger partial charge in [0.25, 0.3) is 5.56 Å². The van der Waals surface area contributed by atoms with Crippen LogP contribution in [-0.2, 0) is 6.54 Å². The molecule has 0 spiro atoms. The molecule has 0 unspecified atom stereocenters. The summed E-state index contributed by atoms with van der Waals surface area (Å²) >= 11 is 1.45.